The monoisotopic (exact) mass is 407 g/mol. The highest BCUT2D eigenvalue weighted by atomic mass is 32.2. The van der Waals surface area contributed by atoms with Gasteiger partial charge in [0.1, 0.15) is 6.04 Å². The van der Waals surface area contributed by atoms with Crippen molar-refractivity contribution in [3.63, 3.8) is 0 Å². The second kappa shape index (κ2) is 9.80. The van der Waals surface area contributed by atoms with Crippen molar-refractivity contribution in [3.8, 4) is 11.1 Å². The molecule has 0 aromatic heterocycles. The van der Waals surface area contributed by atoms with E-state index < -0.39 is 28.7 Å². The molecule has 6 heteroatoms. The van der Waals surface area contributed by atoms with E-state index in [1.807, 2.05) is 48.5 Å². The fourth-order valence-corrected chi connectivity index (χ4v) is 4.00. The molecule has 0 aliphatic heterocycles. The number of aliphatic carboxylic acids is 1. The van der Waals surface area contributed by atoms with E-state index in [0.717, 1.165) is 11.1 Å². The summed E-state index contributed by atoms with van der Waals surface area (Å²) in [5.74, 6) is -1.47. The van der Waals surface area contributed by atoms with Gasteiger partial charge in [-0.1, -0.05) is 60.7 Å². The highest BCUT2D eigenvalue weighted by Crippen LogP contribution is 2.19. The van der Waals surface area contributed by atoms with Crippen molar-refractivity contribution < 1.29 is 18.9 Å². The predicted molar refractivity (Wildman–Crippen MR) is 113 cm³/mol. The van der Waals surface area contributed by atoms with Crippen LogP contribution in [0, 0.1) is 0 Å². The van der Waals surface area contributed by atoms with Gasteiger partial charge in [-0.2, -0.15) is 0 Å². The Balaban J connectivity index is 1.62. The van der Waals surface area contributed by atoms with E-state index >= 15 is 0 Å². The Morgan fingerprint density at radius 1 is 0.828 bits per heavy atom. The molecule has 2 N–H and O–H groups in total. The molecule has 29 heavy (non-hydrogen) atoms. The van der Waals surface area contributed by atoms with Crippen LogP contribution in [-0.4, -0.2) is 33.0 Å². The first kappa shape index (κ1) is 20.5. The van der Waals surface area contributed by atoms with E-state index in [1.165, 1.54) is 0 Å². The standard InChI is InChI=1S/C23H21NO4S/c25-22(19-13-11-18(12-14-19)17-7-3-1-4-8-17)24-21(23(26)27)15-16-29(28)20-9-5-2-6-10-20/h1-14,21H,15-16H2,(H,24,25)(H,26,27)/t21-,29+/m1/s1. The van der Waals surface area contributed by atoms with Crippen LogP contribution < -0.4 is 5.32 Å². The molecule has 2 atom stereocenters. The summed E-state index contributed by atoms with van der Waals surface area (Å²) in [5.41, 5.74) is 2.38. The summed E-state index contributed by atoms with van der Waals surface area (Å²) in [6.07, 6.45) is 0.0741. The van der Waals surface area contributed by atoms with Crippen LogP contribution >= 0.6 is 0 Å². The minimum atomic E-state index is -1.32. The van der Waals surface area contributed by atoms with Crippen molar-refractivity contribution in [2.45, 2.75) is 17.4 Å². The zero-order valence-electron chi connectivity index (χ0n) is 15.7. The maximum atomic E-state index is 12.5. The third-order valence-electron chi connectivity index (χ3n) is 4.46. The van der Waals surface area contributed by atoms with Crippen LogP contribution in [0.4, 0.5) is 0 Å². The molecule has 0 unspecified atom stereocenters. The van der Waals surface area contributed by atoms with E-state index in [1.54, 1.807) is 36.4 Å². The van der Waals surface area contributed by atoms with Gasteiger partial charge in [0, 0.05) is 16.2 Å². The number of rotatable bonds is 8. The normalized spacial score (nSPS) is 12.7. The van der Waals surface area contributed by atoms with E-state index in [0.29, 0.717) is 10.5 Å². The van der Waals surface area contributed by atoms with Crippen LogP contribution in [0.5, 0.6) is 0 Å². The first-order valence-electron chi connectivity index (χ1n) is 9.17. The molecule has 0 saturated carbocycles. The quantitative estimate of drug-likeness (QED) is 0.596. The number of carbonyl (C=O) groups excluding carboxylic acids is 1. The van der Waals surface area contributed by atoms with E-state index in [4.69, 9.17) is 0 Å². The van der Waals surface area contributed by atoms with Crippen molar-refractivity contribution in [2.24, 2.45) is 0 Å². The smallest absolute Gasteiger partial charge is 0.326 e. The highest BCUT2D eigenvalue weighted by Gasteiger charge is 2.21. The lowest BCUT2D eigenvalue weighted by Gasteiger charge is -2.14. The van der Waals surface area contributed by atoms with Crippen LogP contribution in [-0.2, 0) is 15.6 Å². The van der Waals surface area contributed by atoms with Crippen molar-refractivity contribution >= 4 is 22.7 Å². The van der Waals surface area contributed by atoms with E-state index in [9.17, 15) is 18.9 Å². The van der Waals surface area contributed by atoms with Gasteiger partial charge in [0.2, 0.25) is 0 Å². The summed E-state index contributed by atoms with van der Waals surface area (Å²) < 4.78 is 12.3. The summed E-state index contributed by atoms with van der Waals surface area (Å²) in [5, 5.41) is 12.0. The molecule has 3 aromatic rings. The fraction of sp³-hybridized carbons (Fsp3) is 0.130. The Bertz CT molecular complexity index is 988. The lowest BCUT2D eigenvalue weighted by atomic mass is 10.0. The van der Waals surface area contributed by atoms with Crippen LogP contribution in [0.25, 0.3) is 11.1 Å². The molecule has 0 aliphatic carbocycles. The zero-order valence-corrected chi connectivity index (χ0v) is 16.5. The second-order valence-electron chi connectivity index (χ2n) is 6.46. The number of benzene rings is 3. The van der Waals surface area contributed by atoms with Crippen molar-refractivity contribution in [3.05, 3.63) is 90.5 Å². The summed E-state index contributed by atoms with van der Waals surface area (Å²) in [6.45, 7) is 0. The number of carboxylic acids is 1. The SMILES string of the molecule is O=C(N[C@H](CC[S@](=O)c1ccccc1)C(=O)O)c1ccc(-c2ccccc2)cc1. The number of amides is 1. The third kappa shape index (κ3) is 5.62. The Morgan fingerprint density at radius 3 is 1.97 bits per heavy atom. The number of carbonyl (C=O) groups is 2. The Kier molecular flexibility index (Phi) is 6.92. The molecule has 0 fully saturated rings. The summed E-state index contributed by atoms with van der Waals surface area (Å²) in [6, 6.07) is 24.5. The minimum Gasteiger partial charge on any atom is -0.480 e. The molecular weight excluding hydrogens is 386 g/mol. The van der Waals surface area contributed by atoms with Gasteiger partial charge in [0.15, 0.2) is 0 Å². The van der Waals surface area contributed by atoms with Crippen LogP contribution in [0.2, 0.25) is 0 Å². The van der Waals surface area contributed by atoms with Gasteiger partial charge in [-0.15, -0.1) is 0 Å². The minimum absolute atomic E-state index is 0.0741. The third-order valence-corrected chi connectivity index (χ3v) is 5.86. The van der Waals surface area contributed by atoms with Crippen molar-refractivity contribution in [2.75, 3.05) is 5.75 Å². The molecule has 0 radical (unpaired) electrons. The summed E-state index contributed by atoms with van der Waals surface area (Å²) in [7, 11) is -1.32. The molecule has 0 spiro atoms. The molecule has 0 saturated heterocycles. The molecule has 1 amide bonds. The Morgan fingerprint density at radius 2 is 1.38 bits per heavy atom. The maximum absolute atomic E-state index is 12.5. The topological polar surface area (TPSA) is 83.5 Å². The predicted octanol–water partition coefficient (Wildman–Crippen LogP) is 3.73. The van der Waals surface area contributed by atoms with Gasteiger partial charge in [-0.05, 0) is 41.8 Å². The molecule has 0 bridgehead atoms. The van der Waals surface area contributed by atoms with Crippen molar-refractivity contribution in [1.82, 2.24) is 5.32 Å². The van der Waals surface area contributed by atoms with Crippen LogP contribution in [0.15, 0.2) is 89.8 Å². The Hall–Kier alpha value is -3.25. The van der Waals surface area contributed by atoms with Gasteiger partial charge in [0.25, 0.3) is 5.91 Å². The van der Waals surface area contributed by atoms with Gasteiger partial charge in [-0.3, -0.25) is 9.00 Å². The Labute approximate surface area is 171 Å². The summed E-state index contributed by atoms with van der Waals surface area (Å²) >= 11 is 0. The van der Waals surface area contributed by atoms with Gasteiger partial charge < -0.3 is 10.4 Å². The van der Waals surface area contributed by atoms with E-state index in [2.05, 4.69) is 5.32 Å². The number of hydrogen-bond acceptors (Lipinski definition) is 3. The van der Waals surface area contributed by atoms with Gasteiger partial charge in [0.05, 0.1) is 10.8 Å². The van der Waals surface area contributed by atoms with Gasteiger partial charge >= 0.3 is 5.97 Å². The van der Waals surface area contributed by atoms with Crippen LogP contribution in [0.3, 0.4) is 0 Å². The van der Waals surface area contributed by atoms with Gasteiger partial charge in [-0.25, -0.2) is 4.79 Å². The number of nitrogens with one attached hydrogen (secondary N) is 1. The first-order chi connectivity index (χ1) is 14.0. The lowest BCUT2D eigenvalue weighted by Crippen LogP contribution is -2.41. The highest BCUT2D eigenvalue weighted by molar-refractivity contribution is 7.85. The number of hydrogen-bond donors (Lipinski definition) is 2. The first-order valence-corrected chi connectivity index (χ1v) is 10.5. The molecule has 3 rings (SSSR count). The molecule has 148 valence electrons. The molecular formula is C23H21NO4S. The largest absolute Gasteiger partial charge is 0.480 e. The molecule has 3 aromatic carbocycles. The number of carboxylic acid groups (broad SMARTS) is 1. The molecule has 0 aliphatic rings. The van der Waals surface area contributed by atoms with E-state index in [-0.39, 0.29) is 12.2 Å². The zero-order chi connectivity index (χ0) is 20.6. The summed E-state index contributed by atoms with van der Waals surface area (Å²) in [4.78, 5) is 24.7. The maximum Gasteiger partial charge on any atom is 0.326 e. The lowest BCUT2D eigenvalue weighted by molar-refractivity contribution is -0.139. The fourth-order valence-electron chi connectivity index (χ4n) is 2.86. The van der Waals surface area contributed by atoms with Crippen LogP contribution in [0.1, 0.15) is 16.8 Å². The van der Waals surface area contributed by atoms with Crippen molar-refractivity contribution in [1.29, 1.82) is 0 Å². The second-order valence-corrected chi connectivity index (χ2v) is 8.03. The molecule has 0 heterocycles. The average molecular weight is 407 g/mol. The molecule has 5 nitrogen and oxygen atoms in total. The average Bonchev–Trinajstić information content (AvgIpc) is 2.77.